The number of aryl methyl sites for hydroxylation is 2. The van der Waals surface area contributed by atoms with E-state index in [9.17, 15) is 9.59 Å². The van der Waals surface area contributed by atoms with Crippen LogP contribution >= 0.6 is 11.3 Å². The maximum Gasteiger partial charge on any atom is 0.265 e. The molecule has 6 heteroatoms. The molecule has 1 aromatic carbocycles. The number of hydrogen-bond donors (Lipinski definition) is 1. The summed E-state index contributed by atoms with van der Waals surface area (Å²) in [5.74, 6) is 0.161. The minimum absolute atomic E-state index is 0.0309. The number of amides is 1. The first-order valence-electron chi connectivity index (χ1n) is 9.19. The van der Waals surface area contributed by atoms with E-state index in [0.717, 1.165) is 25.0 Å². The molecule has 1 fully saturated rings. The smallest absolute Gasteiger partial charge is 0.265 e. The van der Waals surface area contributed by atoms with Crippen molar-refractivity contribution in [3.05, 3.63) is 46.5 Å². The fourth-order valence-corrected chi connectivity index (χ4v) is 4.35. The molecule has 1 aliphatic heterocycles. The number of aromatic nitrogens is 1. The van der Waals surface area contributed by atoms with Gasteiger partial charge in [0.15, 0.2) is 5.13 Å². The average molecular weight is 372 g/mol. The Hall–Kier alpha value is -2.21. The highest BCUT2D eigenvalue weighted by Gasteiger charge is 2.30. The van der Waals surface area contributed by atoms with Crippen LogP contribution in [0.3, 0.4) is 0 Å². The maximum atomic E-state index is 12.9. The van der Waals surface area contributed by atoms with Crippen LogP contribution < -0.4 is 5.73 Å². The van der Waals surface area contributed by atoms with Crippen LogP contribution in [-0.2, 0) is 17.6 Å². The van der Waals surface area contributed by atoms with E-state index in [0.29, 0.717) is 35.9 Å². The third-order valence-electron chi connectivity index (χ3n) is 4.91. The minimum atomic E-state index is -0.0632. The molecule has 1 aromatic heterocycles. The lowest BCUT2D eigenvalue weighted by molar-refractivity contribution is -0.124. The average Bonchev–Trinajstić information content (AvgIpc) is 3.07. The van der Waals surface area contributed by atoms with Gasteiger partial charge in [-0.2, -0.15) is 0 Å². The van der Waals surface area contributed by atoms with E-state index < -0.39 is 0 Å². The van der Waals surface area contributed by atoms with E-state index in [-0.39, 0.29) is 17.6 Å². The summed E-state index contributed by atoms with van der Waals surface area (Å²) in [6, 6.07) is 10.1. The van der Waals surface area contributed by atoms with Gasteiger partial charge < -0.3 is 10.6 Å². The number of nitrogen functional groups attached to an aromatic ring is 1. The largest absolute Gasteiger partial charge is 0.375 e. The molecule has 1 aliphatic rings. The zero-order chi connectivity index (χ0) is 18.5. The van der Waals surface area contributed by atoms with Gasteiger partial charge in [-0.3, -0.25) is 9.59 Å². The zero-order valence-corrected chi connectivity index (χ0v) is 15.9. The number of carbonyl (C=O) groups is 2. The van der Waals surface area contributed by atoms with Crippen molar-refractivity contribution in [1.82, 2.24) is 9.88 Å². The summed E-state index contributed by atoms with van der Waals surface area (Å²) in [7, 11) is 0. The van der Waals surface area contributed by atoms with Crippen LogP contribution in [0, 0.1) is 5.92 Å². The molecule has 3 rings (SSSR count). The number of anilines is 1. The molecule has 2 N–H and O–H groups in total. The third kappa shape index (κ3) is 4.30. The highest BCUT2D eigenvalue weighted by molar-refractivity contribution is 7.17. The highest BCUT2D eigenvalue weighted by Crippen LogP contribution is 2.26. The second-order valence-electron chi connectivity index (χ2n) is 6.72. The van der Waals surface area contributed by atoms with E-state index in [4.69, 9.17) is 5.73 Å². The highest BCUT2D eigenvalue weighted by atomic mass is 32.1. The van der Waals surface area contributed by atoms with Crippen molar-refractivity contribution in [2.75, 3.05) is 18.8 Å². The van der Waals surface area contributed by atoms with Crippen molar-refractivity contribution in [3.8, 4) is 0 Å². The number of likely N-dealkylation sites (tertiary alicyclic amines) is 1. The summed E-state index contributed by atoms with van der Waals surface area (Å²) in [6.07, 6.45) is 3.70. The monoisotopic (exact) mass is 371 g/mol. The van der Waals surface area contributed by atoms with Crippen LogP contribution in [-0.4, -0.2) is 34.7 Å². The van der Waals surface area contributed by atoms with Crippen molar-refractivity contribution < 1.29 is 9.59 Å². The predicted molar refractivity (Wildman–Crippen MR) is 104 cm³/mol. The van der Waals surface area contributed by atoms with Gasteiger partial charge in [-0.15, -0.1) is 0 Å². The number of rotatable bonds is 6. The van der Waals surface area contributed by atoms with Crippen LogP contribution in [0.2, 0.25) is 0 Å². The molecule has 2 aromatic rings. The molecule has 26 heavy (non-hydrogen) atoms. The first-order chi connectivity index (χ1) is 12.6. The van der Waals surface area contributed by atoms with Crippen molar-refractivity contribution in [2.45, 2.75) is 39.0 Å². The topological polar surface area (TPSA) is 76.3 Å². The van der Waals surface area contributed by atoms with E-state index in [1.54, 1.807) is 4.90 Å². The number of Topliss-reactive ketones (excluding diaryl/α,β-unsaturated/α-hetero) is 1. The second kappa shape index (κ2) is 8.45. The molecule has 0 bridgehead atoms. The van der Waals surface area contributed by atoms with Gasteiger partial charge in [0.1, 0.15) is 10.7 Å². The molecule has 0 aliphatic carbocycles. The van der Waals surface area contributed by atoms with Crippen molar-refractivity contribution in [1.29, 1.82) is 0 Å². The lowest BCUT2D eigenvalue weighted by atomic mass is 9.90. The number of nitrogens with two attached hydrogens (primary N) is 1. The number of benzene rings is 1. The summed E-state index contributed by atoms with van der Waals surface area (Å²) < 4.78 is 0. The molecule has 1 amide bonds. The Balaban J connectivity index is 1.61. The summed E-state index contributed by atoms with van der Waals surface area (Å²) in [6.45, 7) is 3.17. The van der Waals surface area contributed by atoms with Gasteiger partial charge in [-0.25, -0.2) is 4.98 Å². The third-order valence-corrected chi connectivity index (χ3v) is 5.82. The van der Waals surface area contributed by atoms with Gasteiger partial charge in [0.05, 0.1) is 5.69 Å². The molecule has 0 saturated carbocycles. The minimum Gasteiger partial charge on any atom is -0.375 e. The van der Waals surface area contributed by atoms with Gasteiger partial charge >= 0.3 is 0 Å². The Morgan fingerprint density at radius 3 is 2.81 bits per heavy atom. The van der Waals surface area contributed by atoms with E-state index in [2.05, 4.69) is 4.98 Å². The van der Waals surface area contributed by atoms with Gasteiger partial charge in [0.2, 0.25) is 0 Å². The number of ketones is 1. The van der Waals surface area contributed by atoms with E-state index in [1.807, 2.05) is 37.3 Å². The van der Waals surface area contributed by atoms with Gasteiger partial charge in [0.25, 0.3) is 5.91 Å². The number of piperidine rings is 1. The molecule has 0 spiro atoms. The van der Waals surface area contributed by atoms with Crippen molar-refractivity contribution in [2.24, 2.45) is 5.92 Å². The molecular formula is C20H25N3O2S. The van der Waals surface area contributed by atoms with Crippen LogP contribution in [0.1, 0.15) is 47.1 Å². The standard InChI is InChI=1S/C20H25N3O2S/c1-2-16-18(26-20(21)22-16)19(25)23-12-6-9-15(13-23)17(24)11-10-14-7-4-3-5-8-14/h3-5,7-8,15H,2,6,9-13H2,1H3,(H2,21,22)/t15-/m0/s1. The van der Waals surface area contributed by atoms with E-state index >= 15 is 0 Å². The Bertz CT molecular complexity index is 773. The first-order valence-corrected chi connectivity index (χ1v) is 10.0. The van der Waals surface area contributed by atoms with Crippen LogP contribution in [0.25, 0.3) is 0 Å². The first kappa shape index (κ1) is 18.6. The Morgan fingerprint density at radius 2 is 2.08 bits per heavy atom. The zero-order valence-electron chi connectivity index (χ0n) is 15.1. The summed E-state index contributed by atoms with van der Waals surface area (Å²) in [5, 5.41) is 0.428. The Kier molecular flexibility index (Phi) is 6.04. The predicted octanol–water partition coefficient (Wildman–Crippen LogP) is 3.34. The lowest BCUT2D eigenvalue weighted by Crippen LogP contribution is -2.42. The molecule has 5 nitrogen and oxygen atoms in total. The number of hydrogen-bond acceptors (Lipinski definition) is 5. The molecule has 1 saturated heterocycles. The SMILES string of the molecule is CCc1nc(N)sc1C(=O)N1CCC[C@H](C(=O)CCc2ccccc2)C1. The number of nitrogens with zero attached hydrogens (tertiary/aromatic N) is 2. The fraction of sp³-hybridized carbons (Fsp3) is 0.450. The summed E-state index contributed by atoms with van der Waals surface area (Å²) >= 11 is 1.25. The number of carbonyl (C=O) groups excluding carboxylic acids is 2. The lowest BCUT2D eigenvalue weighted by Gasteiger charge is -2.32. The summed E-state index contributed by atoms with van der Waals surface area (Å²) in [4.78, 5) is 32.2. The maximum absolute atomic E-state index is 12.9. The molecule has 1 atom stereocenters. The van der Waals surface area contributed by atoms with Gasteiger partial charge in [-0.05, 0) is 31.2 Å². The molecular weight excluding hydrogens is 346 g/mol. The van der Waals surface area contributed by atoms with Gasteiger partial charge in [-0.1, -0.05) is 48.6 Å². The van der Waals surface area contributed by atoms with Crippen LogP contribution in [0.15, 0.2) is 30.3 Å². The molecule has 0 unspecified atom stereocenters. The van der Waals surface area contributed by atoms with Crippen molar-refractivity contribution >= 4 is 28.2 Å². The fourth-order valence-electron chi connectivity index (χ4n) is 3.46. The van der Waals surface area contributed by atoms with Crippen molar-refractivity contribution in [3.63, 3.8) is 0 Å². The molecule has 0 radical (unpaired) electrons. The molecule has 138 valence electrons. The molecule has 2 heterocycles. The Morgan fingerprint density at radius 1 is 1.31 bits per heavy atom. The normalized spacial score (nSPS) is 17.3. The quantitative estimate of drug-likeness (QED) is 0.845. The second-order valence-corrected chi connectivity index (χ2v) is 7.75. The van der Waals surface area contributed by atoms with Gasteiger partial charge in [0, 0.05) is 25.4 Å². The van der Waals surface area contributed by atoms with Crippen LogP contribution in [0.4, 0.5) is 5.13 Å². The van der Waals surface area contributed by atoms with E-state index in [1.165, 1.54) is 16.9 Å². The Labute approximate surface area is 158 Å². The summed E-state index contributed by atoms with van der Waals surface area (Å²) in [5.41, 5.74) is 7.71. The van der Waals surface area contributed by atoms with Crippen LogP contribution in [0.5, 0.6) is 0 Å². The number of thiazole rings is 1.